The zero-order chi connectivity index (χ0) is 22.7. The predicted molar refractivity (Wildman–Crippen MR) is 118 cm³/mol. The van der Waals surface area contributed by atoms with Crippen molar-refractivity contribution in [3.05, 3.63) is 59.5 Å². The van der Waals surface area contributed by atoms with Gasteiger partial charge >= 0.3 is 0 Å². The minimum atomic E-state index is -3.45. The van der Waals surface area contributed by atoms with E-state index in [1.54, 1.807) is 50.2 Å². The first kappa shape index (κ1) is 21.7. The summed E-state index contributed by atoms with van der Waals surface area (Å²) in [7, 11) is -3.45. The van der Waals surface area contributed by atoms with Crippen LogP contribution in [0, 0.1) is 6.92 Å². The van der Waals surface area contributed by atoms with Crippen LogP contribution in [0.25, 0.3) is 11.5 Å². The fraction of sp³-hybridized carbons (Fsp3) is 0.273. The van der Waals surface area contributed by atoms with Crippen LogP contribution in [0.4, 0.5) is 5.69 Å². The van der Waals surface area contributed by atoms with E-state index < -0.39 is 10.0 Å². The van der Waals surface area contributed by atoms with Crippen molar-refractivity contribution in [2.45, 2.75) is 26.8 Å². The highest BCUT2D eigenvalue weighted by Crippen LogP contribution is 2.33. The summed E-state index contributed by atoms with van der Waals surface area (Å²) in [5.41, 5.74) is 2.27. The molecule has 0 unspecified atom stereocenters. The normalized spacial score (nSPS) is 12.6. The van der Waals surface area contributed by atoms with Gasteiger partial charge in [-0.25, -0.2) is 13.4 Å². The molecule has 0 bridgehead atoms. The van der Waals surface area contributed by atoms with E-state index in [9.17, 15) is 13.2 Å². The molecular weight excluding hydrogens is 434 g/mol. The molecule has 1 aromatic heterocycles. The number of oxazole rings is 1. The van der Waals surface area contributed by atoms with Crippen LogP contribution in [0.5, 0.6) is 11.5 Å². The number of aryl methyl sites for hydroxylation is 1. The first-order valence-electron chi connectivity index (χ1n) is 10.1. The number of carbonyl (C=O) groups excluding carboxylic acids is 1. The molecule has 0 fully saturated rings. The number of carbonyl (C=O) groups is 1. The van der Waals surface area contributed by atoms with Gasteiger partial charge < -0.3 is 19.2 Å². The summed E-state index contributed by atoms with van der Waals surface area (Å²) < 4.78 is 42.9. The van der Waals surface area contributed by atoms with Crippen LogP contribution in [0.2, 0.25) is 0 Å². The zero-order valence-corrected chi connectivity index (χ0v) is 18.5. The van der Waals surface area contributed by atoms with Gasteiger partial charge in [0, 0.05) is 0 Å². The Morgan fingerprint density at radius 2 is 1.91 bits per heavy atom. The van der Waals surface area contributed by atoms with Gasteiger partial charge in [-0.1, -0.05) is 18.2 Å². The van der Waals surface area contributed by atoms with Crippen molar-refractivity contribution in [1.82, 2.24) is 10.3 Å². The van der Waals surface area contributed by atoms with Crippen molar-refractivity contribution in [3.8, 4) is 23.0 Å². The molecule has 1 aliphatic heterocycles. The average molecular weight is 458 g/mol. The molecule has 2 aromatic carbocycles. The number of anilines is 1. The zero-order valence-electron chi connectivity index (χ0n) is 17.7. The van der Waals surface area contributed by atoms with E-state index in [1.807, 2.05) is 6.07 Å². The van der Waals surface area contributed by atoms with Gasteiger partial charge in [-0.05, 0) is 43.7 Å². The summed E-state index contributed by atoms with van der Waals surface area (Å²) in [4.78, 5) is 16.9. The van der Waals surface area contributed by atoms with E-state index in [2.05, 4.69) is 15.0 Å². The maximum Gasteiger partial charge on any atom is 0.232 e. The Labute approximate surface area is 185 Å². The summed E-state index contributed by atoms with van der Waals surface area (Å²) in [6.07, 6.45) is 0.183. The largest absolute Gasteiger partial charge is 0.454 e. The number of aromatic nitrogens is 1. The van der Waals surface area contributed by atoms with Crippen molar-refractivity contribution in [1.29, 1.82) is 0 Å². The second-order valence-electron chi connectivity index (χ2n) is 7.21. The monoisotopic (exact) mass is 457 g/mol. The third-order valence-corrected chi connectivity index (χ3v) is 6.24. The average Bonchev–Trinajstić information content (AvgIpc) is 3.38. The number of rotatable bonds is 8. The fourth-order valence-corrected chi connectivity index (χ4v) is 3.84. The number of amides is 1. The van der Waals surface area contributed by atoms with Gasteiger partial charge in [0.15, 0.2) is 11.5 Å². The van der Waals surface area contributed by atoms with Gasteiger partial charge in [0.25, 0.3) is 0 Å². The standard InChI is InChI=1S/C22H23N3O6S/c1-3-32(27,28)25-17-7-5-4-6-16(17)22-24-18(14(2)31-22)12-23-21(26)11-15-8-9-19-20(10-15)30-13-29-19/h4-10,25H,3,11-13H2,1-2H3,(H,23,26). The van der Waals surface area contributed by atoms with E-state index in [4.69, 9.17) is 13.9 Å². The number of benzene rings is 2. The number of nitrogens with zero attached hydrogens (tertiary/aromatic N) is 1. The van der Waals surface area contributed by atoms with Crippen LogP contribution in [0.1, 0.15) is 23.9 Å². The minimum absolute atomic E-state index is 0.0490. The fourth-order valence-electron chi connectivity index (χ4n) is 3.19. The second-order valence-corrected chi connectivity index (χ2v) is 9.23. The Morgan fingerprint density at radius 1 is 1.12 bits per heavy atom. The first-order valence-corrected chi connectivity index (χ1v) is 11.7. The molecule has 168 valence electrons. The lowest BCUT2D eigenvalue weighted by atomic mass is 10.1. The van der Waals surface area contributed by atoms with E-state index in [-0.39, 0.29) is 37.3 Å². The summed E-state index contributed by atoms with van der Waals surface area (Å²) in [5.74, 6) is 1.88. The molecule has 1 aliphatic rings. The van der Waals surface area contributed by atoms with E-state index in [1.165, 1.54) is 0 Å². The summed E-state index contributed by atoms with van der Waals surface area (Å²) >= 11 is 0. The quantitative estimate of drug-likeness (QED) is 0.534. The molecule has 0 spiro atoms. The molecule has 0 saturated heterocycles. The van der Waals surface area contributed by atoms with E-state index in [0.29, 0.717) is 34.2 Å². The molecule has 10 heteroatoms. The van der Waals surface area contributed by atoms with E-state index >= 15 is 0 Å². The van der Waals surface area contributed by atoms with Crippen molar-refractivity contribution in [3.63, 3.8) is 0 Å². The molecule has 4 rings (SSSR count). The Morgan fingerprint density at radius 3 is 2.72 bits per heavy atom. The second kappa shape index (κ2) is 8.91. The summed E-state index contributed by atoms with van der Waals surface area (Å²) in [6.45, 7) is 3.67. The third-order valence-electron chi connectivity index (χ3n) is 4.95. The highest BCUT2D eigenvalue weighted by atomic mass is 32.2. The Balaban J connectivity index is 1.44. The van der Waals surface area contributed by atoms with Gasteiger partial charge in [-0.15, -0.1) is 0 Å². The summed E-state index contributed by atoms with van der Waals surface area (Å²) in [6, 6.07) is 12.3. The molecule has 0 aliphatic carbocycles. The SMILES string of the molecule is CCS(=O)(=O)Nc1ccccc1-c1nc(CNC(=O)Cc2ccc3c(c2)OCO3)c(C)o1. The van der Waals surface area contributed by atoms with Gasteiger partial charge in [-0.3, -0.25) is 9.52 Å². The maximum atomic E-state index is 12.4. The number of hydrogen-bond acceptors (Lipinski definition) is 7. The lowest BCUT2D eigenvalue weighted by molar-refractivity contribution is -0.120. The number of sulfonamides is 1. The number of ether oxygens (including phenoxy) is 2. The third kappa shape index (κ3) is 4.86. The van der Waals surface area contributed by atoms with Crippen LogP contribution in [-0.2, 0) is 27.8 Å². The molecule has 32 heavy (non-hydrogen) atoms. The molecule has 3 aromatic rings. The van der Waals surface area contributed by atoms with Gasteiger partial charge in [0.2, 0.25) is 28.6 Å². The van der Waals surface area contributed by atoms with Crippen molar-refractivity contribution < 1.29 is 27.1 Å². The van der Waals surface area contributed by atoms with Gasteiger partial charge in [0.05, 0.1) is 30.0 Å². The van der Waals surface area contributed by atoms with Crippen LogP contribution >= 0.6 is 0 Å². The number of para-hydroxylation sites is 1. The molecule has 2 heterocycles. The van der Waals surface area contributed by atoms with Crippen molar-refractivity contribution in [2.24, 2.45) is 0 Å². The van der Waals surface area contributed by atoms with Gasteiger partial charge in [-0.2, -0.15) is 0 Å². The molecule has 2 N–H and O–H groups in total. The van der Waals surface area contributed by atoms with Crippen LogP contribution in [0.15, 0.2) is 46.9 Å². The number of nitrogens with one attached hydrogen (secondary N) is 2. The molecule has 0 saturated carbocycles. The minimum Gasteiger partial charge on any atom is -0.454 e. The highest BCUT2D eigenvalue weighted by molar-refractivity contribution is 7.92. The summed E-state index contributed by atoms with van der Waals surface area (Å²) in [5, 5.41) is 2.84. The van der Waals surface area contributed by atoms with Crippen LogP contribution in [-0.4, -0.2) is 31.9 Å². The Hall–Kier alpha value is -3.53. The highest BCUT2D eigenvalue weighted by Gasteiger charge is 2.18. The molecule has 0 atom stereocenters. The first-order chi connectivity index (χ1) is 15.3. The Bertz CT molecular complexity index is 1250. The van der Waals surface area contributed by atoms with E-state index in [0.717, 1.165) is 5.56 Å². The molecule has 1 amide bonds. The Kier molecular flexibility index (Phi) is 6.04. The molecule has 0 radical (unpaired) electrons. The number of hydrogen-bond donors (Lipinski definition) is 2. The molecular formula is C22H23N3O6S. The lowest BCUT2D eigenvalue weighted by Gasteiger charge is -2.09. The van der Waals surface area contributed by atoms with Gasteiger partial charge in [0.1, 0.15) is 11.5 Å². The molecule has 9 nitrogen and oxygen atoms in total. The maximum absolute atomic E-state index is 12.4. The number of fused-ring (bicyclic) bond motifs is 1. The van der Waals surface area contributed by atoms with Crippen molar-refractivity contribution >= 4 is 21.6 Å². The predicted octanol–water partition coefficient (Wildman–Crippen LogP) is 3.00. The smallest absolute Gasteiger partial charge is 0.232 e. The lowest BCUT2D eigenvalue weighted by Crippen LogP contribution is -2.25. The van der Waals surface area contributed by atoms with Crippen LogP contribution in [0.3, 0.4) is 0 Å². The van der Waals surface area contributed by atoms with Crippen molar-refractivity contribution in [2.75, 3.05) is 17.3 Å². The van der Waals surface area contributed by atoms with Crippen LogP contribution < -0.4 is 19.5 Å². The topological polar surface area (TPSA) is 120 Å².